The number of ether oxygens (including phenoxy) is 1. The molecule has 0 aliphatic carbocycles. The van der Waals surface area contributed by atoms with Gasteiger partial charge in [0.15, 0.2) is 4.90 Å². The average molecular weight is 516 g/mol. The molecule has 2 aromatic heterocycles. The van der Waals surface area contributed by atoms with Crippen LogP contribution in [-0.2, 0) is 30.7 Å². The summed E-state index contributed by atoms with van der Waals surface area (Å²) < 4.78 is 62.3. The number of rotatable bonds is 11. The predicted octanol–water partition coefficient (Wildman–Crippen LogP) is 6.27. The maximum Gasteiger partial charge on any atom is 0.578 e. The molecule has 0 saturated heterocycles. The fraction of sp³-hybridized carbons (Fsp3) is 0.231. The number of hydrogen-bond acceptors (Lipinski definition) is 5. The molecule has 4 rings (SSSR count). The Bertz CT molecular complexity index is 1240. The molecule has 6 nitrogen and oxygen atoms in total. The van der Waals surface area contributed by atoms with E-state index in [0.717, 1.165) is 31.6 Å². The minimum Gasteiger partial charge on any atom is -0.604 e. The van der Waals surface area contributed by atoms with Crippen LogP contribution in [0, 0.1) is 0 Å². The van der Waals surface area contributed by atoms with Crippen molar-refractivity contribution in [3.63, 3.8) is 0 Å². The summed E-state index contributed by atoms with van der Waals surface area (Å²) in [5, 5.41) is 0. The minimum absolute atomic E-state index is 0.236. The molecule has 4 aromatic rings. The zero-order valence-electron chi connectivity index (χ0n) is 19.2. The molecule has 0 spiro atoms. The Labute approximate surface area is 209 Å². The summed E-state index contributed by atoms with van der Waals surface area (Å²) in [4.78, 5) is 8.07. The molecule has 1 unspecified atom stereocenters. The zero-order valence-corrected chi connectivity index (χ0v) is 20.0. The second kappa shape index (κ2) is 12.0. The van der Waals surface area contributed by atoms with Gasteiger partial charge in [0.05, 0.1) is 17.5 Å². The molecule has 0 aliphatic heterocycles. The quantitative estimate of drug-likeness (QED) is 0.174. The first kappa shape index (κ1) is 25.6. The molecule has 36 heavy (non-hydrogen) atoms. The van der Waals surface area contributed by atoms with E-state index in [2.05, 4.69) is 26.7 Å². The summed E-state index contributed by atoms with van der Waals surface area (Å²) >= 11 is -3.04. The Morgan fingerprint density at radius 2 is 1.81 bits per heavy atom. The number of nitrogens with zero attached hydrogens (tertiary/aromatic N) is 3. The molecule has 0 aliphatic rings. The summed E-state index contributed by atoms with van der Waals surface area (Å²) in [6, 6.07) is 13.2. The molecule has 2 heterocycles. The van der Waals surface area contributed by atoms with Gasteiger partial charge in [0, 0.05) is 25.0 Å². The van der Waals surface area contributed by atoms with Crippen LogP contribution in [0.4, 0.5) is 13.2 Å². The van der Waals surface area contributed by atoms with Gasteiger partial charge in [-0.25, -0.2) is 9.97 Å². The molecule has 0 bridgehead atoms. The van der Waals surface area contributed by atoms with E-state index in [1.807, 2.05) is 24.7 Å². The van der Waals surface area contributed by atoms with Gasteiger partial charge in [-0.1, -0.05) is 12.1 Å². The highest BCUT2D eigenvalue weighted by atomic mass is 32.2. The molecule has 1 atom stereocenters. The van der Waals surface area contributed by atoms with Gasteiger partial charge >= 0.3 is 5.51 Å². The van der Waals surface area contributed by atoms with E-state index in [1.165, 1.54) is 36.1 Å². The van der Waals surface area contributed by atoms with Gasteiger partial charge in [-0.2, -0.15) is 0 Å². The monoisotopic (exact) mass is 515 g/mol. The van der Waals surface area contributed by atoms with Crippen molar-refractivity contribution in [1.29, 1.82) is 0 Å². The lowest BCUT2D eigenvalue weighted by Gasteiger charge is -2.11. The summed E-state index contributed by atoms with van der Waals surface area (Å²) in [6.07, 6.45) is 13.5. The molecule has 0 amide bonds. The first-order valence-corrected chi connectivity index (χ1v) is 12.4. The van der Waals surface area contributed by atoms with E-state index >= 15 is 0 Å². The maximum absolute atomic E-state index is 12.5. The van der Waals surface area contributed by atoms with Crippen LogP contribution in [0.3, 0.4) is 0 Å². The Hall–Kier alpha value is -3.50. The number of halogens is 3. The number of oxazole rings is 1. The predicted molar refractivity (Wildman–Crippen MR) is 130 cm³/mol. The van der Waals surface area contributed by atoms with Crippen molar-refractivity contribution in [3.05, 3.63) is 96.2 Å². The molecule has 0 N–H and O–H groups in total. The number of aromatic nitrogens is 3. The SMILES string of the molecule is [O-][S+](c1ccc(C=Cc2nc(COc3ccc(CCCCn4ccnc4)cc3)co2)cc1)C(F)(F)F. The molecule has 0 radical (unpaired) electrons. The Balaban J connectivity index is 1.21. The lowest BCUT2D eigenvalue weighted by atomic mass is 10.1. The number of hydrogen-bond donors (Lipinski definition) is 0. The maximum atomic E-state index is 12.5. The van der Waals surface area contributed by atoms with Gasteiger partial charge in [-0.3, -0.25) is 0 Å². The van der Waals surface area contributed by atoms with E-state index in [4.69, 9.17) is 9.15 Å². The second-order valence-corrected chi connectivity index (χ2v) is 9.46. The van der Waals surface area contributed by atoms with Crippen molar-refractivity contribution >= 4 is 23.3 Å². The van der Waals surface area contributed by atoms with Crippen molar-refractivity contribution in [2.24, 2.45) is 0 Å². The molecule has 10 heteroatoms. The molecule has 2 aromatic carbocycles. The molecule has 188 valence electrons. The van der Waals surface area contributed by atoms with Crippen molar-refractivity contribution in [2.75, 3.05) is 0 Å². The van der Waals surface area contributed by atoms with Crippen LogP contribution in [0.15, 0.2) is 82.8 Å². The molecular formula is C26H24F3N3O3S. The minimum atomic E-state index is -4.78. The Morgan fingerprint density at radius 1 is 1.03 bits per heavy atom. The van der Waals surface area contributed by atoms with E-state index < -0.39 is 16.7 Å². The van der Waals surface area contributed by atoms with Crippen LogP contribution < -0.4 is 4.74 Å². The van der Waals surface area contributed by atoms with Crippen LogP contribution in [0.1, 0.15) is 35.6 Å². The lowest BCUT2D eigenvalue weighted by Crippen LogP contribution is -2.23. The normalized spacial score (nSPS) is 12.8. The summed E-state index contributed by atoms with van der Waals surface area (Å²) in [6.45, 7) is 1.20. The third-order valence-electron chi connectivity index (χ3n) is 5.29. The highest BCUT2D eigenvalue weighted by Gasteiger charge is 2.45. The molecule has 0 saturated carbocycles. The van der Waals surface area contributed by atoms with Gasteiger partial charge in [0.25, 0.3) is 0 Å². The highest BCUT2D eigenvalue weighted by molar-refractivity contribution is 7.92. The van der Waals surface area contributed by atoms with Gasteiger partial charge in [-0.05, 0) is 72.9 Å². The first-order chi connectivity index (χ1) is 17.4. The topological polar surface area (TPSA) is 76.1 Å². The standard InChI is InChI=1S/C26H24F3N3O3S/c27-26(28,29)36(33)24-11-6-21(7-12-24)8-13-25-31-22(18-35-25)17-34-23-9-4-20(5-10-23)3-1-2-15-32-16-14-30-19-32/h4-14,16,18-19H,1-3,15,17H2. The van der Waals surface area contributed by atoms with Crippen LogP contribution in [0.5, 0.6) is 5.75 Å². The number of unbranched alkanes of at least 4 members (excludes halogenated alkanes) is 1. The van der Waals surface area contributed by atoms with Gasteiger partial charge < -0.3 is 18.3 Å². The van der Waals surface area contributed by atoms with E-state index in [9.17, 15) is 17.7 Å². The third-order valence-corrected chi connectivity index (χ3v) is 6.41. The van der Waals surface area contributed by atoms with E-state index in [1.54, 1.807) is 18.3 Å². The third kappa shape index (κ3) is 7.50. The first-order valence-electron chi connectivity index (χ1n) is 11.3. The number of imidazole rings is 1. The number of alkyl halides is 3. The summed E-state index contributed by atoms with van der Waals surface area (Å²) in [5.41, 5.74) is -2.30. The van der Waals surface area contributed by atoms with E-state index in [-0.39, 0.29) is 11.5 Å². The van der Waals surface area contributed by atoms with Crippen LogP contribution in [0.2, 0.25) is 0 Å². The number of benzene rings is 2. The van der Waals surface area contributed by atoms with Gasteiger partial charge in [0.1, 0.15) is 24.3 Å². The van der Waals surface area contributed by atoms with Crippen molar-refractivity contribution in [3.8, 4) is 5.75 Å². The fourth-order valence-electron chi connectivity index (χ4n) is 3.42. The number of aryl methyl sites for hydroxylation is 2. The molecular weight excluding hydrogens is 491 g/mol. The van der Waals surface area contributed by atoms with Gasteiger partial charge in [0.2, 0.25) is 5.89 Å². The Morgan fingerprint density at radius 3 is 2.50 bits per heavy atom. The lowest BCUT2D eigenvalue weighted by molar-refractivity contribution is -0.0435. The Kier molecular flexibility index (Phi) is 8.50. The van der Waals surface area contributed by atoms with Gasteiger partial charge in [-0.15, -0.1) is 13.2 Å². The van der Waals surface area contributed by atoms with E-state index in [0.29, 0.717) is 17.1 Å². The smallest absolute Gasteiger partial charge is 0.578 e. The van der Waals surface area contributed by atoms with Crippen molar-refractivity contribution in [1.82, 2.24) is 14.5 Å². The summed E-state index contributed by atoms with van der Waals surface area (Å²) in [7, 11) is 0. The van der Waals surface area contributed by atoms with Crippen LogP contribution in [-0.4, -0.2) is 24.6 Å². The van der Waals surface area contributed by atoms with Crippen LogP contribution in [0.25, 0.3) is 12.2 Å². The second-order valence-electron chi connectivity index (χ2n) is 7.98. The highest BCUT2D eigenvalue weighted by Crippen LogP contribution is 2.30. The van der Waals surface area contributed by atoms with Crippen LogP contribution >= 0.6 is 0 Å². The average Bonchev–Trinajstić information content (AvgIpc) is 3.56. The largest absolute Gasteiger partial charge is 0.604 e. The zero-order chi connectivity index (χ0) is 25.4. The van der Waals surface area contributed by atoms with Crippen molar-refractivity contribution < 1.29 is 26.9 Å². The summed E-state index contributed by atoms with van der Waals surface area (Å²) in [5.74, 6) is 1.07. The fourth-order valence-corrected chi connectivity index (χ4v) is 4.07. The molecule has 0 fully saturated rings. The van der Waals surface area contributed by atoms with Crippen molar-refractivity contribution in [2.45, 2.75) is 42.8 Å².